The van der Waals surface area contributed by atoms with Gasteiger partial charge in [-0.3, -0.25) is 4.98 Å². The molecule has 4 rings (SSSR count). The van der Waals surface area contributed by atoms with Crippen LogP contribution in [0.15, 0.2) is 59.5 Å². The minimum atomic E-state index is 0.299. The molecular weight excluding hydrogens is 314 g/mol. The van der Waals surface area contributed by atoms with Gasteiger partial charge in [-0.05, 0) is 17.5 Å². The first kappa shape index (κ1) is 14.9. The number of pyridine rings is 2. The molecule has 4 aromatic rings. The third-order valence-electron chi connectivity index (χ3n) is 4.18. The maximum atomic E-state index is 7.54. The Labute approximate surface area is 143 Å². The van der Waals surface area contributed by atoms with Crippen LogP contribution in [0.25, 0.3) is 38.6 Å². The summed E-state index contributed by atoms with van der Waals surface area (Å²) in [6.45, 7) is 0. The zero-order valence-electron chi connectivity index (χ0n) is 13.2. The minimum Gasteiger partial charge on any atom is -0.452 e. The minimum absolute atomic E-state index is 0.299. The Morgan fingerprint density at radius 1 is 1.16 bits per heavy atom. The Balaban J connectivity index is 2.02. The normalized spacial score (nSPS) is 11.9. The average molecular weight is 329 g/mol. The summed E-state index contributed by atoms with van der Waals surface area (Å²) < 4.78 is 6.02. The smallest absolute Gasteiger partial charge is 0.177 e. The fraction of sp³-hybridized carbons (Fsp3) is 0. The first-order chi connectivity index (χ1) is 12.2. The molecule has 0 saturated heterocycles. The highest BCUT2D eigenvalue weighted by molar-refractivity contribution is 6.14. The van der Waals surface area contributed by atoms with E-state index < -0.39 is 0 Å². The zero-order valence-corrected chi connectivity index (χ0v) is 13.2. The van der Waals surface area contributed by atoms with Crippen LogP contribution in [0.5, 0.6) is 0 Å². The molecule has 0 saturated carbocycles. The lowest BCUT2D eigenvalue weighted by atomic mass is 10.0. The van der Waals surface area contributed by atoms with E-state index in [4.69, 9.17) is 21.3 Å². The molecular formula is C19H15N5O. The molecule has 6 nitrogen and oxygen atoms in total. The molecule has 0 amide bonds. The van der Waals surface area contributed by atoms with E-state index in [-0.39, 0.29) is 0 Å². The van der Waals surface area contributed by atoms with Gasteiger partial charge in [-0.2, -0.15) is 0 Å². The molecule has 3 aromatic heterocycles. The summed E-state index contributed by atoms with van der Waals surface area (Å²) >= 11 is 0. The van der Waals surface area contributed by atoms with Gasteiger partial charge >= 0.3 is 0 Å². The number of furan rings is 1. The molecule has 0 aliphatic carbocycles. The quantitative estimate of drug-likeness (QED) is 0.497. The third-order valence-corrected chi connectivity index (χ3v) is 4.18. The maximum Gasteiger partial charge on any atom is 0.177 e. The van der Waals surface area contributed by atoms with E-state index in [9.17, 15) is 0 Å². The summed E-state index contributed by atoms with van der Waals surface area (Å²) in [5.41, 5.74) is 14.3. The van der Waals surface area contributed by atoms with Gasteiger partial charge in [0.05, 0.1) is 0 Å². The van der Waals surface area contributed by atoms with Crippen molar-refractivity contribution in [2.24, 2.45) is 5.73 Å². The van der Waals surface area contributed by atoms with Crippen molar-refractivity contribution in [1.82, 2.24) is 9.97 Å². The monoisotopic (exact) mass is 329 g/mol. The highest BCUT2D eigenvalue weighted by Gasteiger charge is 2.16. The second-order valence-corrected chi connectivity index (χ2v) is 5.58. The summed E-state index contributed by atoms with van der Waals surface area (Å²) in [5.74, 6) is 0.974. The van der Waals surface area contributed by atoms with E-state index >= 15 is 0 Å². The Kier molecular flexibility index (Phi) is 3.43. The van der Waals surface area contributed by atoms with Crippen molar-refractivity contribution >= 4 is 39.3 Å². The van der Waals surface area contributed by atoms with E-state index in [1.807, 2.05) is 36.5 Å². The van der Waals surface area contributed by atoms with Crippen LogP contribution in [0.3, 0.4) is 0 Å². The molecule has 1 aromatic carbocycles. The second-order valence-electron chi connectivity index (χ2n) is 5.58. The fourth-order valence-corrected chi connectivity index (χ4v) is 2.96. The third kappa shape index (κ3) is 2.31. The van der Waals surface area contributed by atoms with Crippen LogP contribution < -0.4 is 11.5 Å². The largest absolute Gasteiger partial charge is 0.452 e. The molecule has 122 valence electrons. The first-order valence-corrected chi connectivity index (χ1v) is 7.67. The van der Waals surface area contributed by atoms with E-state index in [0.717, 1.165) is 21.7 Å². The van der Waals surface area contributed by atoms with E-state index in [0.29, 0.717) is 28.3 Å². The van der Waals surface area contributed by atoms with Crippen LogP contribution in [0.1, 0.15) is 5.56 Å². The number of rotatable bonds is 3. The lowest BCUT2D eigenvalue weighted by Crippen LogP contribution is -1.96. The molecule has 0 unspecified atom stereocenters. The number of nitrogen functional groups attached to an aromatic ring is 1. The van der Waals surface area contributed by atoms with Crippen LogP contribution in [0, 0.1) is 5.41 Å². The highest BCUT2D eigenvalue weighted by Crippen LogP contribution is 2.36. The van der Waals surface area contributed by atoms with Crippen molar-refractivity contribution in [3.63, 3.8) is 0 Å². The van der Waals surface area contributed by atoms with Gasteiger partial charge in [0, 0.05) is 58.5 Å². The summed E-state index contributed by atoms with van der Waals surface area (Å²) in [6.07, 6.45) is 7.72. The zero-order chi connectivity index (χ0) is 17.4. The van der Waals surface area contributed by atoms with Crippen LogP contribution in [0.4, 0.5) is 5.82 Å². The number of fused-ring (bicyclic) bond motifs is 2. The Hall–Kier alpha value is -3.67. The van der Waals surface area contributed by atoms with E-state index in [1.165, 1.54) is 12.4 Å². The van der Waals surface area contributed by atoms with E-state index in [2.05, 4.69) is 9.97 Å². The SMILES string of the molecule is N=C/C(=C\N)c1cnc(N)c2oc(-c3cccc4cnccc34)cc12. The van der Waals surface area contributed by atoms with Crippen molar-refractivity contribution < 1.29 is 4.42 Å². The first-order valence-electron chi connectivity index (χ1n) is 7.67. The van der Waals surface area contributed by atoms with Crippen LogP contribution in [-0.4, -0.2) is 16.2 Å². The van der Waals surface area contributed by atoms with Crippen LogP contribution in [0.2, 0.25) is 0 Å². The highest BCUT2D eigenvalue weighted by atomic mass is 16.3. The molecule has 0 bridgehead atoms. The lowest BCUT2D eigenvalue weighted by Gasteiger charge is -2.02. The molecule has 0 spiro atoms. The van der Waals surface area contributed by atoms with E-state index in [1.54, 1.807) is 12.4 Å². The van der Waals surface area contributed by atoms with Gasteiger partial charge in [-0.25, -0.2) is 4.98 Å². The molecule has 6 heteroatoms. The van der Waals surface area contributed by atoms with Crippen molar-refractivity contribution in [1.29, 1.82) is 5.41 Å². The van der Waals surface area contributed by atoms with Gasteiger partial charge < -0.3 is 21.3 Å². The molecule has 0 aliphatic rings. The Morgan fingerprint density at radius 2 is 2.04 bits per heavy atom. The number of hydrogen-bond donors (Lipinski definition) is 3. The summed E-state index contributed by atoms with van der Waals surface area (Å²) in [5, 5.41) is 10.4. The van der Waals surface area contributed by atoms with Crippen molar-refractivity contribution in [2.45, 2.75) is 0 Å². The number of nitrogens with one attached hydrogen (secondary N) is 1. The van der Waals surface area contributed by atoms with Crippen molar-refractivity contribution in [3.8, 4) is 11.3 Å². The topological polar surface area (TPSA) is 115 Å². The second kappa shape index (κ2) is 5.76. The van der Waals surface area contributed by atoms with Gasteiger partial charge in [-0.15, -0.1) is 0 Å². The lowest BCUT2D eigenvalue weighted by molar-refractivity contribution is 0.632. The molecule has 3 heterocycles. The standard InChI is InChI=1S/C19H15N5O/c20-7-12(8-21)16-10-24-19(22)18-15(16)6-17(25-18)14-3-1-2-11-9-23-5-4-13(11)14/h1-10,20H,21H2,(H2,22,24)/b12-8+,20-7?. The predicted octanol–water partition coefficient (Wildman–Crippen LogP) is 3.57. The van der Waals surface area contributed by atoms with Gasteiger partial charge in [0.15, 0.2) is 11.4 Å². The van der Waals surface area contributed by atoms with Crippen molar-refractivity contribution in [3.05, 3.63) is 60.7 Å². The van der Waals surface area contributed by atoms with Crippen LogP contribution in [-0.2, 0) is 0 Å². The van der Waals surface area contributed by atoms with Gasteiger partial charge in [-0.1, -0.05) is 18.2 Å². The Bertz CT molecular complexity index is 1140. The molecule has 25 heavy (non-hydrogen) atoms. The van der Waals surface area contributed by atoms with Gasteiger partial charge in [0.2, 0.25) is 0 Å². The van der Waals surface area contributed by atoms with Gasteiger partial charge in [0.25, 0.3) is 0 Å². The molecule has 0 fully saturated rings. The van der Waals surface area contributed by atoms with Gasteiger partial charge in [0.1, 0.15) is 5.76 Å². The summed E-state index contributed by atoms with van der Waals surface area (Å²) in [4.78, 5) is 8.32. The predicted molar refractivity (Wildman–Crippen MR) is 100 cm³/mol. The molecule has 5 N–H and O–H groups in total. The number of anilines is 1. The number of benzene rings is 1. The van der Waals surface area contributed by atoms with Crippen LogP contribution >= 0.6 is 0 Å². The number of allylic oxidation sites excluding steroid dienone is 1. The number of aromatic nitrogens is 2. The molecule has 0 aliphatic heterocycles. The summed E-state index contributed by atoms with van der Waals surface area (Å²) in [7, 11) is 0. The number of nitrogens with two attached hydrogens (primary N) is 2. The maximum absolute atomic E-state index is 7.54. The number of nitrogens with zero attached hydrogens (tertiary/aromatic N) is 2. The summed E-state index contributed by atoms with van der Waals surface area (Å²) in [6, 6.07) is 9.80. The Morgan fingerprint density at radius 3 is 2.84 bits per heavy atom. The molecule has 0 radical (unpaired) electrons. The average Bonchev–Trinajstić information content (AvgIpc) is 3.10. The fourth-order valence-electron chi connectivity index (χ4n) is 2.96. The molecule has 0 atom stereocenters. The van der Waals surface area contributed by atoms with Crippen molar-refractivity contribution in [2.75, 3.05) is 5.73 Å². The number of hydrogen-bond acceptors (Lipinski definition) is 6.